The first-order chi connectivity index (χ1) is 17.1. The quantitative estimate of drug-likeness (QED) is 0.417. The Morgan fingerprint density at radius 3 is 2.63 bits per heavy atom. The average molecular weight is 495 g/mol. The largest absolute Gasteiger partial charge is 0.493 e. The summed E-state index contributed by atoms with van der Waals surface area (Å²) in [6.45, 7) is 4.34. The lowest BCUT2D eigenvalue weighted by atomic mass is 9.86. The number of methoxy groups -OCH3 is 2. The maximum absolute atomic E-state index is 13.1. The number of nitrogens with one attached hydrogen (secondary N) is 1. The number of ether oxygens (including phenoxy) is 2. The van der Waals surface area contributed by atoms with Crippen molar-refractivity contribution in [1.29, 1.82) is 0 Å². The molecule has 35 heavy (non-hydrogen) atoms. The summed E-state index contributed by atoms with van der Waals surface area (Å²) >= 11 is 1.73. The summed E-state index contributed by atoms with van der Waals surface area (Å²) in [6.07, 6.45) is 8.29. The smallest absolute Gasteiger partial charge is 0.291 e. The third-order valence-corrected chi connectivity index (χ3v) is 8.59. The molecule has 1 N–H and O–H groups in total. The summed E-state index contributed by atoms with van der Waals surface area (Å²) in [4.78, 5) is 17.0. The number of para-hydroxylation sites is 1. The van der Waals surface area contributed by atoms with E-state index in [1.165, 1.54) is 35.1 Å². The Morgan fingerprint density at radius 1 is 1.11 bits per heavy atom. The number of amides is 1. The number of fused-ring (bicyclic) bond motifs is 1. The minimum Gasteiger partial charge on any atom is -0.493 e. The van der Waals surface area contributed by atoms with E-state index in [-0.39, 0.29) is 11.9 Å². The van der Waals surface area contributed by atoms with Gasteiger partial charge in [0.15, 0.2) is 17.3 Å². The molecule has 1 unspecified atom stereocenters. The Kier molecular flexibility index (Phi) is 7.16. The van der Waals surface area contributed by atoms with Crippen molar-refractivity contribution in [1.82, 2.24) is 4.90 Å². The van der Waals surface area contributed by atoms with Gasteiger partial charge in [0.2, 0.25) is 0 Å². The fourth-order valence-electron chi connectivity index (χ4n) is 5.49. The van der Waals surface area contributed by atoms with E-state index in [9.17, 15) is 4.79 Å². The molecule has 0 bridgehead atoms. The van der Waals surface area contributed by atoms with Crippen LogP contribution in [0.15, 0.2) is 41.0 Å². The highest BCUT2D eigenvalue weighted by Crippen LogP contribution is 2.49. The summed E-state index contributed by atoms with van der Waals surface area (Å²) < 4.78 is 17.0. The highest BCUT2D eigenvalue weighted by Gasteiger charge is 2.35. The van der Waals surface area contributed by atoms with Gasteiger partial charge in [0, 0.05) is 16.0 Å². The van der Waals surface area contributed by atoms with Gasteiger partial charge in [-0.3, -0.25) is 9.69 Å². The molecule has 3 aromatic rings. The van der Waals surface area contributed by atoms with Crippen molar-refractivity contribution in [2.75, 3.05) is 32.6 Å². The van der Waals surface area contributed by atoms with Crippen molar-refractivity contribution in [2.24, 2.45) is 5.92 Å². The molecule has 1 saturated heterocycles. The molecular formula is C28H34N2O4S. The number of carbonyl (C=O) groups is 1. The zero-order valence-electron chi connectivity index (χ0n) is 20.8. The molecule has 0 saturated carbocycles. The Hall–Kier alpha value is -2.77. The number of benzene rings is 1. The molecular weight excluding hydrogens is 460 g/mol. The van der Waals surface area contributed by atoms with Gasteiger partial charge in [-0.15, -0.1) is 11.3 Å². The standard InChI is InChI=1S/C28H34N2O4S/c1-18-13-15-30(16-14-18)25(20-9-6-10-21(32-2)26(20)33-3)24-19-8-4-5-12-23(19)35-28(24)29-27(31)22-11-7-17-34-22/h6-7,9-11,17-18,25H,4-5,8,12-16H2,1-3H3,(H,29,31). The highest BCUT2D eigenvalue weighted by atomic mass is 32.1. The molecule has 1 fully saturated rings. The third-order valence-electron chi connectivity index (χ3n) is 7.37. The van der Waals surface area contributed by atoms with Crippen LogP contribution in [0.2, 0.25) is 0 Å². The van der Waals surface area contributed by atoms with Crippen molar-refractivity contribution in [3.8, 4) is 11.5 Å². The molecule has 3 heterocycles. The van der Waals surface area contributed by atoms with E-state index < -0.39 is 0 Å². The highest BCUT2D eigenvalue weighted by molar-refractivity contribution is 7.16. The molecule has 0 spiro atoms. The number of hydrogen-bond acceptors (Lipinski definition) is 6. The van der Waals surface area contributed by atoms with Crippen LogP contribution in [0.5, 0.6) is 11.5 Å². The SMILES string of the molecule is COc1cccc(C(c2c(NC(=O)c3ccco3)sc3c2CCCC3)N2CCC(C)CC2)c1OC. The normalized spacial score (nSPS) is 17.6. The zero-order chi connectivity index (χ0) is 24.4. The van der Waals surface area contributed by atoms with Crippen molar-refractivity contribution in [3.63, 3.8) is 0 Å². The number of thiophene rings is 1. The molecule has 2 aliphatic rings. The van der Waals surface area contributed by atoms with Crippen molar-refractivity contribution >= 4 is 22.2 Å². The molecule has 7 heteroatoms. The Balaban J connectivity index is 1.66. The van der Waals surface area contributed by atoms with Gasteiger partial charge in [-0.05, 0) is 81.3 Å². The summed E-state index contributed by atoms with van der Waals surface area (Å²) in [5.41, 5.74) is 3.69. The molecule has 5 rings (SSSR count). The van der Waals surface area contributed by atoms with Gasteiger partial charge in [-0.1, -0.05) is 19.1 Å². The van der Waals surface area contributed by atoms with E-state index in [0.717, 1.165) is 60.8 Å². The lowest BCUT2D eigenvalue weighted by Gasteiger charge is -2.38. The maximum atomic E-state index is 13.1. The Morgan fingerprint density at radius 2 is 1.91 bits per heavy atom. The number of carbonyl (C=O) groups excluding carboxylic acids is 1. The predicted molar refractivity (Wildman–Crippen MR) is 139 cm³/mol. The first kappa shape index (κ1) is 23.9. The minimum absolute atomic E-state index is 0.0300. The third kappa shape index (κ3) is 4.71. The fraction of sp³-hybridized carbons (Fsp3) is 0.464. The number of rotatable bonds is 7. The number of piperidine rings is 1. The van der Waals surface area contributed by atoms with E-state index in [1.54, 1.807) is 37.7 Å². The summed E-state index contributed by atoms with van der Waals surface area (Å²) in [5, 5.41) is 4.14. The number of likely N-dealkylation sites (tertiary alicyclic amines) is 1. The molecule has 6 nitrogen and oxygen atoms in total. The van der Waals surface area contributed by atoms with Crippen LogP contribution in [0.25, 0.3) is 0 Å². The monoisotopic (exact) mass is 494 g/mol. The second-order valence-corrected chi connectivity index (χ2v) is 10.7. The van der Waals surface area contributed by atoms with E-state index in [2.05, 4.69) is 23.2 Å². The van der Waals surface area contributed by atoms with Crippen molar-refractivity contribution < 1.29 is 18.7 Å². The predicted octanol–water partition coefficient (Wildman–Crippen LogP) is 6.31. The second-order valence-electron chi connectivity index (χ2n) is 9.59. The first-order valence-corrected chi connectivity index (χ1v) is 13.4. The van der Waals surface area contributed by atoms with Crippen molar-refractivity contribution in [3.05, 3.63) is 63.9 Å². The number of anilines is 1. The number of furan rings is 1. The second kappa shape index (κ2) is 10.5. The van der Waals surface area contributed by atoms with Crippen molar-refractivity contribution in [2.45, 2.75) is 51.5 Å². The molecule has 1 atom stereocenters. The lowest BCUT2D eigenvalue weighted by molar-refractivity contribution is 0.0996. The average Bonchev–Trinajstić information content (AvgIpc) is 3.54. The summed E-state index contributed by atoms with van der Waals surface area (Å²) in [7, 11) is 3.39. The minimum atomic E-state index is -0.210. The van der Waals surface area contributed by atoms with Crippen LogP contribution in [0, 0.1) is 5.92 Å². The van der Waals surface area contributed by atoms with Crippen LogP contribution in [0.1, 0.15) is 70.8 Å². The van der Waals surface area contributed by atoms with Crippen LogP contribution < -0.4 is 14.8 Å². The fourth-order valence-corrected chi connectivity index (χ4v) is 6.81. The van der Waals surface area contributed by atoms with Gasteiger partial charge >= 0.3 is 0 Å². The number of hydrogen-bond donors (Lipinski definition) is 1. The summed E-state index contributed by atoms with van der Waals surface area (Å²) in [5.74, 6) is 2.32. The Bertz CT molecular complexity index is 1160. The Labute approximate surface area is 211 Å². The summed E-state index contributed by atoms with van der Waals surface area (Å²) in [6, 6.07) is 9.55. The van der Waals surface area contributed by atoms with Crippen LogP contribution in [-0.2, 0) is 12.8 Å². The molecule has 2 aromatic heterocycles. The van der Waals surface area contributed by atoms with Crippen LogP contribution in [0.4, 0.5) is 5.00 Å². The lowest BCUT2D eigenvalue weighted by Crippen LogP contribution is -2.37. The number of aryl methyl sites for hydroxylation is 1. The molecule has 1 aliphatic heterocycles. The van der Waals surface area contributed by atoms with Gasteiger partial charge in [-0.2, -0.15) is 0 Å². The maximum Gasteiger partial charge on any atom is 0.291 e. The van der Waals surface area contributed by atoms with E-state index in [0.29, 0.717) is 11.7 Å². The van der Waals surface area contributed by atoms with Crippen LogP contribution in [-0.4, -0.2) is 38.1 Å². The topological polar surface area (TPSA) is 63.9 Å². The molecule has 1 aliphatic carbocycles. The molecule has 186 valence electrons. The van der Waals surface area contributed by atoms with Crippen LogP contribution >= 0.6 is 11.3 Å². The molecule has 0 radical (unpaired) electrons. The van der Waals surface area contributed by atoms with E-state index in [1.807, 2.05) is 12.1 Å². The number of nitrogens with zero attached hydrogens (tertiary/aromatic N) is 1. The van der Waals surface area contributed by atoms with E-state index in [4.69, 9.17) is 13.9 Å². The van der Waals surface area contributed by atoms with Gasteiger partial charge < -0.3 is 19.2 Å². The van der Waals surface area contributed by atoms with Gasteiger partial charge in [0.1, 0.15) is 5.00 Å². The van der Waals surface area contributed by atoms with Gasteiger partial charge in [-0.25, -0.2) is 0 Å². The first-order valence-electron chi connectivity index (χ1n) is 12.5. The molecule has 1 amide bonds. The van der Waals surface area contributed by atoms with Gasteiger partial charge in [0.25, 0.3) is 5.91 Å². The van der Waals surface area contributed by atoms with Gasteiger partial charge in [0.05, 0.1) is 26.5 Å². The molecule has 1 aromatic carbocycles. The zero-order valence-corrected chi connectivity index (χ0v) is 21.6. The van der Waals surface area contributed by atoms with Crippen LogP contribution in [0.3, 0.4) is 0 Å². The van der Waals surface area contributed by atoms with E-state index >= 15 is 0 Å².